The zero-order chi connectivity index (χ0) is 17.6. The predicted molar refractivity (Wildman–Crippen MR) is 96.3 cm³/mol. The predicted octanol–water partition coefficient (Wildman–Crippen LogP) is 3.01. The molecular weight excluding hydrogens is 314 g/mol. The van der Waals surface area contributed by atoms with E-state index in [9.17, 15) is 4.79 Å². The quantitative estimate of drug-likeness (QED) is 0.753. The summed E-state index contributed by atoms with van der Waals surface area (Å²) in [5, 5.41) is 3.02. The number of hydrogen-bond donors (Lipinski definition) is 1. The number of benzene rings is 2. The van der Waals surface area contributed by atoms with Crippen molar-refractivity contribution in [1.82, 2.24) is 14.9 Å². The average Bonchev–Trinajstić information content (AvgIpc) is 3.05. The summed E-state index contributed by atoms with van der Waals surface area (Å²) in [5.41, 5.74) is 1.97. The van der Waals surface area contributed by atoms with Crippen molar-refractivity contribution < 1.29 is 9.53 Å². The molecule has 0 bridgehead atoms. The lowest BCUT2D eigenvalue weighted by molar-refractivity contribution is -0.123. The van der Waals surface area contributed by atoms with E-state index in [0.717, 1.165) is 17.0 Å². The van der Waals surface area contributed by atoms with Crippen LogP contribution in [0, 0.1) is 6.92 Å². The Bertz CT molecular complexity index is 843. The zero-order valence-electron chi connectivity index (χ0n) is 14.3. The molecule has 1 aromatic heterocycles. The van der Waals surface area contributed by atoms with Crippen molar-refractivity contribution in [3.63, 3.8) is 0 Å². The number of carbonyl (C=O) groups excluding carboxylic acids is 1. The molecule has 5 nitrogen and oxygen atoms in total. The highest BCUT2D eigenvalue weighted by Gasteiger charge is 2.20. The number of aryl methyl sites for hydroxylation is 2. The van der Waals surface area contributed by atoms with Crippen molar-refractivity contribution in [1.29, 1.82) is 0 Å². The molecule has 0 radical (unpaired) electrons. The van der Waals surface area contributed by atoms with Gasteiger partial charge in [0.05, 0.1) is 0 Å². The molecule has 128 valence electrons. The van der Waals surface area contributed by atoms with E-state index in [1.807, 2.05) is 79.3 Å². The highest BCUT2D eigenvalue weighted by atomic mass is 16.5. The van der Waals surface area contributed by atoms with E-state index in [4.69, 9.17) is 4.74 Å². The maximum Gasteiger partial charge on any atom is 0.258 e. The molecule has 2 aromatic carbocycles. The fourth-order valence-electron chi connectivity index (χ4n) is 2.66. The Hall–Kier alpha value is -3.08. The van der Waals surface area contributed by atoms with E-state index >= 15 is 0 Å². The summed E-state index contributed by atoms with van der Waals surface area (Å²) in [7, 11) is 1.91. The molecule has 0 fully saturated rings. The molecule has 0 saturated carbocycles. The molecular formula is C20H21N3O2. The molecule has 1 atom stereocenters. The van der Waals surface area contributed by atoms with Gasteiger partial charge in [0.1, 0.15) is 17.6 Å². The van der Waals surface area contributed by atoms with Crippen LogP contribution in [-0.4, -0.2) is 22.1 Å². The van der Waals surface area contributed by atoms with Gasteiger partial charge in [0.15, 0.2) is 6.61 Å². The van der Waals surface area contributed by atoms with Crippen molar-refractivity contribution in [3.05, 3.63) is 83.9 Å². The third-order valence-corrected chi connectivity index (χ3v) is 4.01. The van der Waals surface area contributed by atoms with E-state index in [2.05, 4.69) is 10.3 Å². The van der Waals surface area contributed by atoms with E-state index < -0.39 is 0 Å². The topological polar surface area (TPSA) is 56.1 Å². The highest BCUT2D eigenvalue weighted by molar-refractivity contribution is 5.78. The van der Waals surface area contributed by atoms with Crippen molar-refractivity contribution in [2.45, 2.75) is 13.0 Å². The molecule has 0 aliphatic rings. The van der Waals surface area contributed by atoms with Gasteiger partial charge in [-0.15, -0.1) is 0 Å². The summed E-state index contributed by atoms with van der Waals surface area (Å²) >= 11 is 0. The smallest absolute Gasteiger partial charge is 0.258 e. The number of imidazole rings is 1. The lowest BCUT2D eigenvalue weighted by Gasteiger charge is -2.19. The third kappa shape index (κ3) is 4.07. The van der Waals surface area contributed by atoms with E-state index in [1.165, 1.54) is 0 Å². The first kappa shape index (κ1) is 16.8. The number of carbonyl (C=O) groups is 1. The number of amides is 1. The minimum absolute atomic E-state index is 0.0430. The number of aromatic nitrogens is 2. The molecule has 3 rings (SSSR count). The van der Waals surface area contributed by atoms with Gasteiger partial charge in [-0.3, -0.25) is 4.79 Å². The summed E-state index contributed by atoms with van der Waals surface area (Å²) in [6, 6.07) is 17.1. The van der Waals surface area contributed by atoms with E-state index in [1.54, 1.807) is 6.20 Å². The van der Waals surface area contributed by atoms with Gasteiger partial charge < -0.3 is 14.6 Å². The Morgan fingerprint density at radius 2 is 1.88 bits per heavy atom. The van der Waals surface area contributed by atoms with Gasteiger partial charge in [-0.05, 0) is 24.1 Å². The van der Waals surface area contributed by atoms with Crippen LogP contribution >= 0.6 is 0 Å². The average molecular weight is 335 g/mol. The SMILES string of the molecule is Cc1ccccc1OCC(=O)N[C@H](c1ccccc1)c1nccn1C. The normalized spacial score (nSPS) is 11.8. The highest BCUT2D eigenvalue weighted by Crippen LogP contribution is 2.20. The maximum atomic E-state index is 12.4. The van der Waals surface area contributed by atoms with Crippen LogP contribution in [0.3, 0.4) is 0 Å². The third-order valence-electron chi connectivity index (χ3n) is 4.01. The van der Waals surface area contributed by atoms with Gasteiger partial charge >= 0.3 is 0 Å². The number of hydrogen-bond acceptors (Lipinski definition) is 3. The minimum atomic E-state index is -0.325. The molecule has 5 heteroatoms. The number of ether oxygens (including phenoxy) is 1. The second kappa shape index (κ2) is 7.66. The minimum Gasteiger partial charge on any atom is -0.484 e. The van der Waals surface area contributed by atoms with Gasteiger partial charge in [0, 0.05) is 19.4 Å². The summed E-state index contributed by atoms with van der Waals surface area (Å²) < 4.78 is 7.55. The van der Waals surface area contributed by atoms with Crippen LogP contribution in [0.1, 0.15) is 23.0 Å². The van der Waals surface area contributed by atoms with Crippen LogP contribution in [0.15, 0.2) is 67.0 Å². The summed E-state index contributed by atoms with van der Waals surface area (Å²) in [6.45, 7) is 1.91. The Kier molecular flexibility index (Phi) is 5.14. The standard InChI is InChI=1S/C20H21N3O2/c1-15-8-6-7-11-17(15)25-14-18(24)22-19(16-9-4-3-5-10-16)20-21-12-13-23(20)2/h3-13,19H,14H2,1-2H3,(H,22,24)/t19-/m1/s1. The monoisotopic (exact) mass is 335 g/mol. The van der Waals surface area contributed by atoms with Crippen molar-refractivity contribution in [3.8, 4) is 5.75 Å². The van der Waals surface area contributed by atoms with E-state index in [-0.39, 0.29) is 18.6 Å². The number of nitrogens with zero attached hydrogens (tertiary/aromatic N) is 2. The summed E-state index contributed by atoms with van der Waals surface area (Å²) in [5.74, 6) is 1.29. The molecule has 3 aromatic rings. The molecule has 0 saturated heterocycles. The van der Waals surface area contributed by atoms with Crippen molar-refractivity contribution in [2.24, 2.45) is 7.05 Å². The molecule has 1 amide bonds. The Balaban J connectivity index is 1.73. The Labute approximate surface area is 147 Å². The lowest BCUT2D eigenvalue weighted by Crippen LogP contribution is -2.34. The molecule has 0 aliphatic heterocycles. The first-order valence-corrected chi connectivity index (χ1v) is 8.15. The lowest BCUT2D eigenvalue weighted by atomic mass is 10.1. The van der Waals surface area contributed by atoms with Gasteiger partial charge in [-0.2, -0.15) is 0 Å². The van der Waals surface area contributed by atoms with Gasteiger partial charge in [-0.25, -0.2) is 4.98 Å². The Morgan fingerprint density at radius 3 is 2.56 bits per heavy atom. The van der Waals surface area contributed by atoms with Crippen molar-refractivity contribution in [2.75, 3.05) is 6.61 Å². The number of nitrogens with one attached hydrogen (secondary N) is 1. The fraction of sp³-hybridized carbons (Fsp3) is 0.200. The van der Waals surface area contributed by atoms with Gasteiger partial charge in [0.25, 0.3) is 5.91 Å². The molecule has 25 heavy (non-hydrogen) atoms. The Morgan fingerprint density at radius 1 is 1.16 bits per heavy atom. The summed E-state index contributed by atoms with van der Waals surface area (Å²) in [6.07, 6.45) is 3.59. The van der Waals surface area contributed by atoms with Gasteiger partial charge in [0.2, 0.25) is 0 Å². The first-order chi connectivity index (χ1) is 12.1. The largest absolute Gasteiger partial charge is 0.484 e. The molecule has 0 spiro atoms. The summed E-state index contributed by atoms with van der Waals surface area (Å²) in [4.78, 5) is 16.8. The van der Waals surface area contributed by atoms with Crippen LogP contribution in [0.5, 0.6) is 5.75 Å². The molecule has 1 heterocycles. The molecule has 0 aliphatic carbocycles. The van der Waals surface area contributed by atoms with Crippen LogP contribution in [0.25, 0.3) is 0 Å². The second-order valence-electron chi connectivity index (χ2n) is 5.86. The fourth-order valence-corrected chi connectivity index (χ4v) is 2.66. The molecule has 0 unspecified atom stereocenters. The number of rotatable bonds is 6. The van der Waals surface area contributed by atoms with Crippen molar-refractivity contribution >= 4 is 5.91 Å². The maximum absolute atomic E-state index is 12.4. The number of para-hydroxylation sites is 1. The second-order valence-corrected chi connectivity index (χ2v) is 5.86. The first-order valence-electron chi connectivity index (χ1n) is 8.15. The molecule has 1 N–H and O–H groups in total. The van der Waals surface area contributed by atoms with E-state index in [0.29, 0.717) is 5.75 Å². The zero-order valence-corrected chi connectivity index (χ0v) is 14.3. The van der Waals surface area contributed by atoms with Crippen LogP contribution in [0.2, 0.25) is 0 Å². The van der Waals surface area contributed by atoms with Crippen LogP contribution in [0.4, 0.5) is 0 Å². The van der Waals surface area contributed by atoms with Gasteiger partial charge in [-0.1, -0.05) is 48.5 Å². The van der Waals surface area contributed by atoms with Crippen LogP contribution < -0.4 is 10.1 Å². The van der Waals surface area contributed by atoms with Crippen LogP contribution in [-0.2, 0) is 11.8 Å².